The van der Waals surface area contributed by atoms with Crippen LogP contribution in [0.3, 0.4) is 0 Å². The van der Waals surface area contributed by atoms with Crippen molar-refractivity contribution >= 4 is 27.5 Å². The topological polar surface area (TPSA) is 104 Å². The molecular formula is C15H21N3O4S. The maximum absolute atomic E-state index is 11.9. The van der Waals surface area contributed by atoms with Gasteiger partial charge < -0.3 is 10.6 Å². The molecule has 0 bridgehead atoms. The molecule has 2 rings (SSSR count). The third-order valence-electron chi connectivity index (χ3n) is 3.31. The van der Waals surface area contributed by atoms with Crippen molar-refractivity contribution in [2.24, 2.45) is 0 Å². The van der Waals surface area contributed by atoms with Gasteiger partial charge in [-0.25, -0.2) is 13.2 Å². The quantitative estimate of drug-likeness (QED) is 0.718. The lowest BCUT2D eigenvalue weighted by Gasteiger charge is -2.15. The fourth-order valence-electron chi connectivity index (χ4n) is 1.98. The van der Waals surface area contributed by atoms with Gasteiger partial charge in [0.2, 0.25) is 5.91 Å². The van der Waals surface area contributed by atoms with Crippen LogP contribution < -0.4 is 16.0 Å². The molecule has 3 N–H and O–H groups in total. The standard InChI is InChI=1S/C15H21N3O4S/c1-10(14(19)18-15(20)17-13-7-8-13)16-12-5-3-11(4-6-12)9-23(2,21)22/h3-6,10,13,16H,7-9H2,1-2H3,(H2,17,18,19,20)/t10-/m1/s1. The Morgan fingerprint density at radius 3 is 2.35 bits per heavy atom. The van der Waals surface area contributed by atoms with E-state index in [1.54, 1.807) is 31.2 Å². The second-order valence-electron chi connectivity index (χ2n) is 5.87. The molecule has 126 valence electrons. The maximum atomic E-state index is 11.9. The molecule has 1 aliphatic rings. The summed E-state index contributed by atoms with van der Waals surface area (Å²) in [7, 11) is -3.07. The second kappa shape index (κ2) is 6.99. The molecule has 1 atom stereocenters. The van der Waals surface area contributed by atoms with E-state index < -0.39 is 27.8 Å². The first-order valence-electron chi connectivity index (χ1n) is 7.37. The highest BCUT2D eigenvalue weighted by molar-refractivity contribution is 7.89. The number of benzene rings is 1. The van der Waals surface area contributed by atoms with E-state index in [0.717, 1.165) is 12.8 Å². The molecule has 23 heavy (non-hydrogen) atoms. The number of carbonyl (C=O) groups is 2. The number of urea groups is 1. The predicted octanol–water partition coefficient (Wildman–Crippen LogP) is 1.02. The largest absolute Gasteiger partial charge is 0.374 e. The van der Waals surface area contributed by atoms with Crippen LogP contribution in [0.15, 0.2) is 24.3 Å². The molecule has 1 fully saturated rings. The Bertz CT molecular complexity index is 681. The Kier molecular flexibility index (Phi) is 5.25. The molecule has 0 saturated heterocycles. The Morgan fingerprint density at radius 1 is 1.22 bits per heavy atom. The third-order valence-corrected chi connectivity index (χ3v) is 4.17. The Hall–Kier alpha value is -2.09. The van der Waals surface area contributed by atoms with E-state index in [2.05, 4.69) is 16.0 Å². The summed E-state index contributed by atoms with van der Waals surface area (Å²) in [5, 5.41) is 7.92. The lowest BCUT2D eigenvalue weighted by Crippen LogP contribution is -2.46. The highest BCUT2D eigenvalue weighted by Gasteiger charge is 2.24. The van der Waals surface area contributed by atoms with Crippen LogP contribution in [0.1, 0.15) is 25.3 Å². The van der Waals surface area contributed by atoms with E-state index in [0.29, 0.717) is 11.3 Å². The summed E-state index contributed by atoms with van der Waals surface area (Å²) in [6, 6.07) is 5.90. The molecule has 1 saturated carbocycles. The van der Waals surface area contributed by atoms with Gasteiger partial charge in [-0.2, -0.15) is 0 Å². The van der Waals surface area contributed by atoms with Crippen LogP contribution in [0.4, 0.5) is 10.5 Å². The van der Waals surface area contributed by atoms with Crippen molar-refractivity contribution in [3.63, 3.8) is 0 Å². The van der Waals surface area contributed by atoms with Crippen LogP contribution in [0.5, 0.6) is 0 Å². The van der Waals surface area contributed by atoms with Crippen molar-refractivity contribution in [3.8, 4) is 0 Å². The lowest BCUT2D eigenvalue weighted by molar-refractivity contribution is -0.120. The van der Waals surface area contributed by atoms with Crippen LogP contribution in [0.25, 0.3) is 0 Å². The first kappa shape index (κ1) is 17.3. The fraction of sp³-hybridized carbons (Fsp3) is 0.467. The molecule has 0 heterocycles. The van der Waals surface area contributed by atoms with Crippen molar-refractivity contribution in [2.45, 2.75) is 37.6 Å². The van der Waals surface area contributed by atoms with Gasteiger partial charge in [-0.1, -0.05) is 12.1 Å². The molecule has 1 aromatic rings. The van der Waals surface area contributed by atoms with E-state index in [1.807, 2.05) is 0 Å². The minimum absolute atomic E-state index is 0.0232. The highest BCUT2D eigenvalue weighted by atomic mass is 32.2. The summed E-state index contributed by atoms with van der Waals surface area (Å²) in [6.45, 7) is 1.64. The average molecular weight is 339 g/mol. The third kappa shape index (κ3) is 6.27. The van der Waals surface area contributed by atoms with Crippen molar-refractivity contribution in [1.82, 2.24) is 10.6 Å². The Balaban J connectivity index is 1.84. The lowest BCUT2D eigenvalue weighted by atomic mass is 10.2. The van der Waals surface area contributed by atoms with Crippen LogP contribution >= 0.6 is 0 Å². The van der Waals surface area contributed by atoms with Crippen molar-refractivity contribution in [3.05, 3.63) is 29.8 Å². The summed E-state index contributed by atoms with van der Waals surface area (Å²) in [6.07, 6.45) is 3.09. The van der Waals surface area contributed by atoms with Gasteiger partial charge in [-0.3, -0.25) is 10.1 Å². The highest BCUT2D eigenvalue weighted by Crippen LogP contribution is 2.18. The minimum atomic E-state index is -3.07. The molecule has 1 aliphatic carbocycles. The van der Waals surface area contributed by atoms with Gasteiger partial charge in [0.05, 0.1) is 5.75 Å². The Morgan fingerprint density at radius 2 is 1.83 bits per heavy atom. The number of hydrogen-bond acceptors (Lipinski definition) is 5. The summed E-state index contributed by atoms with van der Waals surface area (Å²) >= 11 is 0. The van der Waals surface area contributed by atoms with E-state index in [9.17, 15) is 18.0 Å². The molecule has 0 spiro atoms. The van der Waals surface area contributed by atoms with Crippen molar-refractivity contribution in [2.75, 3.05) is 11.6 Å². The van der Waals surface area contributed by atoms with E-state index >= 15 is 0 Å². The van der Waals surface area contributed by atoms with Crippen LogP contribution in [-0.4, -0.2) is 38.7 Å². The second-order valence-corrected chi connectivity index (χ2v) is 8.01. The predicted molar refractivity (Wildman–Crippen MR) is 87.8 cm³/mol. The number of sulfone groups is 1. The molecular weight excluding hydrogens is 318 g/mol. The average Bonchev–Trinajstić information content (AvgIpc) is 3.23. The maximum Gasteiger partial charge on any atom is 0.321 e. The molecule has 8 heteroatoms. The molecule has 0 unspecified atom stereocenters. The molecule has 3 amide bonds. The number of nitrogens with one attached hydrogen (secondary N) is 3. The summed E-state index contributed by atoms with van der Waals surface area (Å²) < 4.78 is 22.5. The van der Waals surface area contributed by atoms with Crippen LogP contribution in [-0.2, 0) is 20.4 Å². The van der Waals surface area contributed by atoms with Gasteiger partial charge >= 0.3 is 6.03 Å². The number of amides is 3. The number of carbonyl (C=O) groups excluding carboxylic acids is 2. The first-order valence-corrected chi connectivity index (χ1v) is 9.43. The molecule has 7 nitrogen and oxygen atoms in total. The zero-order chi connectivity index (χ0) is 17.0. The first-order chi connectivity index (χ1) is 10.7. The van der Waals surface area contributed by atoms with E-state index in [1.165, 1.54) is 6.26 Å². The minimum Gasteiger partial charge on any atom is -0.374 e. The van der Waals surface area contributed by atoms with E-state index in [4.69, 9.17) is 0 Å². The summed E-state index contributed by atoms with van der Waals surface area (Å²) in [5.41, 5.74) is 1.35. The van der Waals surface area contributed by atoms with Gasteiger partial charge in [0.1, 0.15) is 6.04 Å². The zero-order valence-electron chi connectivity index (χ0n) is 13.1. The smallest absolute Gasteiger partial charge is 0.321 e. The number of imide groups is 1. The van der Waals surface area contributed by atoms with Gasteiger partial charge in [-0.05, 0) is 37.5 Å². The molecule has 0 radical (unpaired) electrons. The number of anilines is 1. The van der Waals surface area contributed by atoms with Crippen LogP contribution in [0.2, 0.25) is 0 Å². The SMILES string of the molecule is C[C@@H](Nc1ccc(CS(C)(=O)=O)cc1)C(=O)NC(=O)NC1CC1. The fourth-order valence-corrected chi connectivity index (χ4v) is 2.78. The van der Waals surface area contributed by atoms with Gasteiger partial charge in [0, 0.05) is 18.0 Å². The zero-order valence-corrected chi connectivity index (χ0v) is 13.9. The summed E-state index contributed by atoms with van der Waals surface area (Å²) in [5.74, 6) is -0.451. The van der Waals surface area contributed by atoms with Gasteiger partial charge in [0.25, 0.3) is 0 Å². The normalized spacial score (nSPS) is 15.6. The molecule has 0 aliphatic heterocycles. The summed E-state index contributed by atoms with van der Waals surface area (Å²) in [4.78, 5) is 23.4. The van der Waals surface area contributed by atoms with Gasteiger partial charge in [-0.15, -0.1) is 0 Å². The molecule has 1 aromatic carbocycles. The molecule has 0 aromatic heterocycles. The van der Waals surface area contributed by atoms with Gasteiger partial charge in [0.15, 0.2) is 9.84 Å². The number of rotatable bonds is 6. The van der Waals surface area contributed by atoms with Crippen molar-refractivity contribution in [1.29, 1.82) is 0 Å². The van der Waals surface area contributed by atoms with E-state index in [-0.39, 0.29) is 11.8 Å². The van der Waals surface area contributed by atoms with Crippen molar-refractivity contribution < 1.29 is 18.0 Å². The number of hydrogen-bond donors (Lipinski definition) is 3. The Labute approximate surface area is 135 Å². The van der Waals surface area contributed by atoms with Crippen LogP contribution in [0, 0.1) is 0 Å². The monoisotopic (exact) mass is 339 g/mol.